The van der Waals surface area contributed by atoms with Gasteiger partial charge in [-0.2, -0.15) is 0 Å². The second-order valence-electron chi connectivity index (χ2n) is 5.13. The highest BCUT2D eigenvalue weighted by Gasteiger charge is 2.27. The largest absolute Gasteiger partial charge is 0.324 e. The number of hydrogen-bond donors (Lipinski definition) is 1. The molecular weight excluding hydrogens is 327 g/mol. The van der Waals surface area contributed by atoms with E-state index in [4.69, 9.17) is 23.2 Å². The van der Waals surface area contributed by atoms with Gasteiger partial charge in [0.05, 0.1) is 26.4 Å². The lowest BCUT2D eigenvalue weighted by atomic mass is 9.90. The summed E-state index contributed by atoms with van der Waals surface area (Å²) < 4.78 is 0. The third kappa shape index (κ3) is 3.07. The van der Waals surface area contributed by atoms with E-state index in [1.165, 1.54) is 4.88 Å². The highest BCUT2D eigenvalue weighted by atomic mass is 35.5. The first-order chi connectivity index (χ1) is 10.0. The minimum Gasteiger partial charge on any atom is -0.324 e. The van der Waals surface area contributed by atoms with Gasteiger partial charge in [0, 0.05) is 10.8 Å². The van der Waals surface area contributed by atoms with E-state index >= 15 is 0 Å². The molecule has 1 heterocycles. The van der Waals surface area contributed by atoms with Crippen LogP contribution in [0.5, 0.6) is 0 Å². The Labute approximate surface area is 137 Å². The molecular formula is C15H14Cl2N2OS. The standard InChI is InChI=1S/C15H14Cl2N2OS/c1-8-18-11-6-5-9(7-13(11)21-8)15(20)19-12-4-2-3-10(16)14(12)17/h2-4,9H,5-7H2,1H3,(H,19,20). The number of halogens is 2. The van der Waals surface area contributed by atoms with Crippen molar-refractivity contribution >= 4 is 46.1 Å². The van der Waals surface area contributed by atoms with Gasteiger partial charge < -0.3 is 5.32 Å². The van der Waals surface area contributed by atoms with E-state index in [-0.39, 0.29) is 11.8 Å². The Hall–Kier alpha value is -1.10. The summed E-state index contributed by atoms with van der Waals surface area (Å²) in [5.41, 5.74) is 1.72. The van der Waals surface area contributed by atoms with Crippen LogP contribution in [0.4, 0.5) is 5.69 Å². The van der Waals surface area contributed by atoms with E-state index in [0.717, 1.165) is 30.0 Å². The van der Waals surface area contributed by atoms with E-state index in [1.54, 1.807) is 29.5 Å². The predicted octanol–water partition coefficient (Wildman–Crippen LogP) is 4.50. The molecule has 1 amide bonds. The van der Waals surface area contributed by atoms with Crippen LogP contribution in [0.3, 0.4) is 0 Å². The van der Waals surface area contributed by atoms with Gasteiger partial charge in [0.1, 0.15) is 0 Å². The van der Waals surface area contributed by atoms with Crippen LogP contribution in [0.25, 0.3) is 0 Å². The number of hydrogen-bond acceptors (Lipinski definition) is 3. The highest BCUT2D eigenvalue weighted by Crippen LogP contribution is 2.33. The van der Waals surface area contributed by atoms with Crippen molar-refractivity contribution in [2.45, 2.75) is 26.2 Å². The molecule has 0 spiro atoms. The fraction of sp³-hybridized carbons (Fsp3) is 0.333. The summed E-state index contributed by atoms with van der Waals surface area (Å²) in [6.45, 7) is 2.00. The molecule has 0 bridgehead atoms. The van der Waals surface area contributed by atoms with Gasteiger partial charge >= 0.3 is 0 Å². The van der Waals surface area contributed by atoms with Crippen LogP contribution in [-0.2, 0) is 17.6 Å². The van der Waals surface area contributed by atoms with Gasteiger partial charge in [-0.05, 0) is 38.3 Å². The zero-order valence-electron chi connectivity index (χ0n) is 11.5. The summed E-state index contributed by atoms with van der Waals surface area (Å²) in [7, 11) is 0. The number of carbonyl (C=O) groups excluding carboxylic acids is 1. The molecule has 1 aromatic heterocycles. The number of nitrogens with one attached hydrogen (secondary N) is 1. The van der Waals surface area contributed by atoms with Gasteiger partial charge in [-0.15, -0.1) is 11.3 Å². The number of nitrogens with zero attached hydrogens (tertiary/aromatic N) is 1. The molecule has 0 saturated carbocycles. The molecule has 2 aromatic rings. The molecule has 0 aliphatic heterocycles. The second-order valence-corrected chi connectivity index (χ2v) is 7.21. The molecule has 1 atom stereocenters. The van der Waals surface area contributed by atoms with Crippen molar-refractivity contribution < 1.29 is 4.79 Å². The van der Waals surface area contributed by atoms with E-state index < -0.39 is 0 Å². The monoisotopic (exact) mass is 340 g/mol. The van der Waals surface area contributed by atoms with E-state index in [0.29, 0.717) is 15.7 Å². The fourth-order valence-electron chi connectivity index (χ4n) is 2.56. The Balaban J connectivity index is 1.73. The van der Waals surface area contributed by atoms with E-state index in [1.807, 2.05) is 6.92 Å². The lowest BCUT2D eigenvalue weighted by molar-refractivity contribution is -0.120. The number of carbonyl (C=O) groups is 1. The van der Waals surface area contributed by atoms with Crippen LogP contribution in [0.15, 0.2) is 18.2 Å². The number of aryl methyl sites for hydroxylation is 2. The maximum absolute atomic E-state index is 12.4. The van der Waals surface area contributed by atoms with Crippen molar-refractivity contribution in [2.75, 3.05) is 5.32 Å². The van der Waals surface area contributed by atoms with Crippen molar-refractivity contribution in [3.8, 4) is 0 Å². The molecule has 21 heavy (non-hydrogen) atoms. The first-order valence-corrected chi connectivity index (χ1v) is 8.32. The first-order valence-electron chi connectivity index (χ1n) is 6.74. The van der Waals surface area contributed by atoms with E-state index in [9.17, 15) is 4.79 Å². The van der Waals surface area contributed by atoms with Crippen molar-refractivity contribution in [1.29, 1.82) is 0 Å². The minimum atomic E-state index is -0.0348. The summed E-state index contributed by atoms with van der Waals surface area (Å²) in [5, 5.41) is 4.79. The molecule has 1 aromatic carbocycles. The van der Waals surface area contributed by atoms with Crippen LogP contribution in [-0.4, -0.2) is 10.9 Å². The summed E-state index contributed by atoms with van der Waals surface area (Å²) in [4.78, 5) is 18.2. The number of thiazole rings is 1. The number of fused-ring (bicyclic) bond motifs is 1. The van der Waals surface area contributed by atoms with Crippen LogP contribution in [0, 0.1) is 12.8 Å². The zero-order valence-corrected chi connectivity index (χ0v) is 13.8. The van der Waals surface area contributed by atoms with Crippen LogP contribution in [0.2, 0.25) is 10.0 Å². The lowest BCUT2D eigenvalue weighted by Crippen LogP contribution is -2.27. The number of rotatable bonds is 2. The molecule has 1 aliphatic rings. The Morgan fingerprint density at radius 2 is 2.24 bits per heavy atom. The first kappa shape index (κ1) is 14.8. The third-order valence-electron chi connectivity index (χ3n) is 3.63. The number of amides is 1. The molecule has 110 valence electrons. The molecule has 0 fully saturated rings. The summed E-state index contributed by atoms with van der Waals surface area (Å²) in [5.74, 6) is -0.0386. The molecule has 0 saturated heterocycles. The summed E-state index contributed by atoms with van der Waals surface area (Å²) in [6.07, 6.45) is 2.44. The lowest BCUT2D eigenvalue weighted by Gasteiger charge is -2.20. The summed E-state index contributed by atoms with van der Waals surface area (Å²) >= 11 is 13.8. The number of aromatic nitrogens is 1. The molecule has 1 aliphatic carbocycles. The van der Waals surface area contributed by atoms with Gasteiger partial charge in [0.2, 0.25) is 5.91 Å². The van der Waals surface area contributed by atoms with Gasteiger partial charge in [0.15, 0.2) is 0 Å². The number of benzene rings is 1. The smallest absolute Gasteiger partial charge is 0.227 e. The molecule has 3 nitrogen and oxygen atoms in total. The predicted molar refractivity (Wildman–Crippen MR) is 87.5 cm³/mol. The summed E-state index contributed by atoms with van der Waals surface area (Å²) in [6, 6.07) is 5.24. The van der Waals surface area contributed by atoms with Crippen LogP contribution < -0.4 is 5.32 Å². The van der Waals surface area contributed by atoms with Gasteiger partial charge in [-0.3, -0.25) is 4.79 Å². The molecule has 1 unspecified atom stereocenters. The Morgan fingerprint density at radius 1 is 1.43 bits per heavy atom. The Bertz CT molecular complexity index is 699. The van der Waals surface area contributed by atoms with Crippen LogP contribution >= 0.6 is 34.5 Å². The Kier molecular flexibility index (Phi) is 4.20. The maximum Gasteiger partial charge on any atom is 0.227 e. The maximum atomic E-state index is 12.4. The fourth-order valence-corrected chi connectivity index (χ4v) is 3.97. The van der Waals surface area contributed by atoms with Gasteiger partial charge in [-0.1, -0.05) is 29.3 Å². The van der Waals surface area contributed by atoms with Gasteiger partial charge in [-0.25, -0.2) is 4.98 Å². The van der Waals surface area contributed by atoms with Crippen molar-refractivity contribution in [3.63, 3.8) is 0 Å². The second kappa shape index (κ2) is 5.95. The van der Waals surface area contributed by atoms with Crippen molar-refractivity contribution in [1.82, 2.24) is 4.98 Å². The average Bonchev–Trinajstić information content (AvgIpc) is 2.82. The molecule has 1 N–H and O–H groups in total. The topological polar surface area (TPSA) is 42.0 Å². The zero-order chi connectivity index (χ0) is 15.0. The van der Waals surface area contributed by atoms with Crippen molar-refractivity contribution in [2.24, 2.45) is 5.92 Å². The SMILES string of the molecule is Cc1nc2c(s1)CC(C(=O)Nc1cccc(Cl)c1Cl)CC2. The number of anilines is 1. The normalized spacial score (nSPS) is 17.4. The third-order valence-corrected chi connectivity index (χ3v) is 5.48. The average molecular weight is 341 g/mol. The molecule has 3 rings (SSSR count). The van der Waals surface area contributed by atoms with Gasteiger partial charge in [0.25, 0.3) is 0 Å². The minimum absolute atomic E-state index is 0.00382. The molecule has 6 heteroatoms. The van der Waals surface area contributed by atoms with Crippen molar-refractivity contribution in [3.05, 3.63) is 43.8 Å². The van der Waals surface area contributed by atoms with E-state index in [2.05, 4.69) is 10.3 Å². The molecule has 0 radical (unpaired) electrons. The van der Waals surface area contributed by atoms with Crippen LogP contribution in [0.1, 0.15) is 22.0 Å². The highest BCUT2D eigenvalue weighted by molar-refractivity contribution is 7.11. The Morgan fingerprint density at radius 3 is 3.05 bits per heavy atom. The quantitative estimate of drug-likeness (QED) is 0.874.